The second-order valence-electron chi connectivity index (χ2n) is 6.80. The maximum Gasteiger partial charge on any atom is 0.397 e. The van der Waals surface area contributed by atoms with Crippen molar-refractivity contribution in [3.8, 4) is 0 Å². The van der Waals surface area contributed by atoms with Gasteiger partial charge in [0, 0.05) is 7.11 Å². The van der Waals surface area contributed by atoms with E-state index in [1.807, 2.05) is 0 Å². The van der Waals surface area contributed by atoms with Crippen molar-refractivity contribution in [3.05, 3.63) is 0 Å². The molecule has 2 aliphatic rings. The van der Waals surface area contributed by atoms with Crippen LogP contribution in [0.25, 0.3) is 0 Å². The summed E-state index contributed by atoms with van der Waals surface area (Å²) in [5.74, 6) is 0. The zero-order chi connectivity index (χ0) is 24.4. The highest BCUT2D eigenvalue weighted by Gasteiger charge is 2.51. The molecule has 0 spiro atoms. The van der Waals surface area contributed by atoms with Crippen molar-refractivity contribution in [3.63, 3.8) is 0 Å². The largest absolute Gasteiger partial charge is 0.397 e. The fourth-order valence-corrected chi connectivity index (χ4v) is 3.64. The molecule has 0 bridgehead atoms. The standard InChI is InChI=1S/C13H24O17S2/c1-25-12-10(18)11(7(15)5(28-12)3-27-32(22,23)24)30-13-9(17)8(16)6(14)4(29-13)2-26-31(19,20)21/h4-18H,2-3H2,1H3,(H,19,20,21)(H,22,23,24)/t4-,5-,6-,7-,8+,9-,10-,11+,12-,13+/m1/s1. The van der Waals surface area contributed by atoms with E-state index >= 15 is 0 Å². The van der Waals surface area contributed by atoms with Gasteiger partial charge in [-0.3, -0.25) is 9.11 Å². The third kappa shape index (κ3) is 7.19. The number of hydrogen-bond donors (Lipinski definition) is 7. The van der Waals surface area contributed by atoms with E-state index in [9.17, 15) is 42.4 Å². The molecule has 0 amide bonds. The van der Waals surface area contributed by atoms with Crippen molar-refractivity contribution in [2.24, 2.45) is 0 Å². The molecule has 190 valence electrons. The van der Waals surface area contributed by atoms with Crippen LogP contribution < -0.4 is 0 Å². The van der Waals surface area contributed by atoms with Crippen molar-refractivity contribution in [1.29, 1.82) is 0 Å². The predicted octanol–water partition coefficient (Wildman–Crippen LogP) is -5.09. The summed E-state index contributed by atoms with van der Waals surface area (Å²) < 4.78 is 89.0. The van der Waals surface area contributed by atoms with Crippen LogP contribution in [0.1, 0.15) is 0 Å². The summed E-state index contributed by atoms with van der Waals surface area (Å²) in [5.41, 5.74) is 0. The van der Waals surface area contributed by atoms with E-state index in [-0.39, 0.29) is 0 Å². The molecule has 0 unspecified atom stereocenters. The molecule has 2 rings (SSSR count). The number of hydrogen-bond acceptors (Lipinski definition) is 15. The van der Waals surface area contributed by atoms with E-state index in [1.54, 1.807) is 0 Å². The first kappa shape index (κ1) is 27.6. The zero-order valence-corrected chi connectivity index (χ0v) is 17.9. The normalized spacial score (nSPS) is 41.5. The van der Waals surface area contributed by atoms with Gasteiger partial charge in [0.2, 0.25) is 0 Å². The van der Waals surface area contributed by atoms with Gasteiger partial charge in [0.25, 0.3) is 0 Å². The van der Waals surface area contributed by atoms with Gasteiger partial charge in [-0.15, -0.1) is 0 Å². The lowest BCUT2D eigenvalue weighted by Gasteiger charge is -2.45. The first-order valence-electron chi connectivity index (χ1n) is 8.77. The third-order valence-corrected chi connectivity index (χ3v) is 5.46. The Morgan fingerprint density at radius 1 is 0.688 bits per heavy atom. The highest BCUT2D eigenvalue weighted by molar-refractivity contribution is 7.81. The lowest BCUT2D eigenvalue weighted by atomic mass is 9.97. The highest BCUT2D eigenvalue weighted by atomic mass is 32.3. The summed E-state index contributed by atoms with van der Waals surface area (Å²) in [6.07, 6.45) is -17.9. The Labute approximate surface area is 181 Å². The molecule has 10 atom stereocenters. The molecule has 0 radical (unpaired) electrons. The molecule has 19 heteroatoms. The second kappa shape index (κ2) is 10.8. The Bertz CT molecular complexity index is 816. The summed E-state index contributed by atoms with van der Waals surface area (Å²) in [7, 11) is -8.79. The maximum atomic E-state index is 10.8. The molecular formula is C13H24O17S2. The minimum Gasteiger partial charge on any atom is -0.387 e. The van der Waals surface area contributed by atoms with Crippen LogP contribution in [0.3, 0.4) is 0 Å². The number of methoxy groups -OCH3 is 1. The van der Waals surface area contributed by atoms with Crippen LogP contribution in [0.15, 0.2) is 0 Å². The maximum absolute atomic E-state index is 10.8. The average Bonchev–Trinajstić information content (AvgIpc) is 2.68. The average molecular weight is 516 g/mol. The van der Waals surface area contributed by atoms with Gasteiger partial charge in [-0.1, -0.05) is 0 Å². The lowest BCUT2D eigenvalue weighted by Crippen LogP contribution is -2.65. The van der Waals surface area contributed by atoms with Crippen LogP contribution in [-0.2, 0) is 48.1 Å². The number of rotatable bonds is 9. The van der Waals surface area contributed by atoms with E-state index in [0.29, 0.717) is 0 Å². The van der Waals surface area contributed by atoms with Gasteiger partial charge in [-0.05, 0) is 0 Å². The Balaban J connectivity index is 2.17. The first-order chi connectivity index (χ1) is 14.6. The molecule has 0 aromatic carbocycles. The van der Waals surface area contributed by atoms with Crippen molar-refractivity contribution >= 4 is 20.8 Å². The minimum atomic E-state index is -4.95. The summed E-state index contributed by atoms with van der Waals surface area (Å²) in [6.45, 7) is -1.94. The Morgan fingerprint density at radius 3 is 1.62 bits per heavy atom. The van der Waals surface area contributed by atoms with Gasteiger partial charge in [-0.2, -0.15) is 16.8 Å². The third-order valence-electron chi connectivity index (χ3n) is 4.60. The summed E-state index contributed by atoms with van der Waals surface area (Å²) >= 11 is 0. The van der Waals surface area contributed by atoms with Crippen LogP contribution in [0.5, 0.6) is 0 Å². The molecule has 2 aliphatic heterocycles. The Morgan fingerprint density at radius 2 is 1.16 bits per heavy atom. The number of aliphatic hydroxyl groups excluding tert-OH is 5. The molecular weight excluding hydrogens is 492 g/mol. The SMILES string of the molecule is CO[C@@H]1O[C@H](COS(=O)(=O)O)[C@@H](O)[C@H](O[C@@H]2O[C@H](COS(=O)(=O)O)[C@@H](O)[C@H](O)[C@H]2O)[C@H]1O. The van der Waals surface area contributed by atoms with E-state index < -0.39 is 95.4 Å². The van der Waals surface area contributed by atoms with E-state index in [4.69, 9.17) is 28.1 Å². The lowest BCUT2D eigenvalue weighted by molar-refractivity contribution is -0.357. The molecule has 2 fully saturated rings. The highest BCUT2D eigenvalue weighted by Crippen LogP contribution is 2.30. The van der Waals surface area contributed by atoms with Crippen molar-refractivity contribution in [2.75, 3.05) is 20.3 Å². The quantitative estimate of drug-likeness (QED) is 0.141. The molecule has 17 nitrogen and oxygen atoms in total. The number of ether oxygens (including phenoxy) is 4. The van der Waals surface area contributed by atoms with E-state index in [1.165, 1.54) is 0 Å². The van der Waals surface area contributed by atoms with Gasteiger partial charge >= 0.3 is 20.8 Å². The molecule has 7 N–H and O–H groups in total. The van der Waals surface area contributed by atoms with Crippen LogP contribution in [-0.4, -0.2) is 133 Å². The topological polar surface area (TPSA) is 265 Å². The fourth-order valence-electron chi connectivity index (χ4n) is 3.02. The summed E-state index contributed by atoms with van der Waals surface area (Å²) in [4.78, 5) is 0. The molecule has 0 aromatic heterocycles. The predicted molar refractivity (Wildman–Crippen MR) is 94.2 cm³/mol. The summed E-state index contributed by atoms with van der Waals surface area (Å²) in [5, 5.41) is 50.8. The second-order valence-corrected chi connectivity index (χ2v) is 8.98. The molecule has 0 saturated carbocycles. The van der Waals surface area contributed by atoms with Gasteiger partial charge in [0.1, 0.15) is 48.8 Å². The van der Waals surface area contributed by atoms with Gasteiger partial charge in [-0.25, -0.2) is 8.37 Å². The fraction of sp³-hybridized carbons (Fsp3) is 1.00. The molecule has 2 heterocycles. The van der Waals surface area contributed by atoms with Crippen molar-refractivity contribution in [2.45, 2.75) is 61.4 Å². The van der Waals surface area contributed by atoms with Crippen LogP contribution in [0.2, 0.25) is 0 Å². The van der Waals surface area contributed by atoms with E-state index in [0.717, 1.165) is 7.11 Å². The van der Waals surface area contributed by atoms with Crippen LogP contribution >= 0.6 is 0 Å². The van der Waals surface area contributed by atoms with Crippen molar-refractivity contribution < 1.29 is 78.8 Å². The minimum absolute atomic E-state index is 0.938. The summed E-state index contributed by atoms with van der Waals surface area (Å²) in [6, 6.07) is 0. The van der Waals surface area contributed by atoms with E-state index in [2.05, 4.69) is 8.37 Å². The number of aliphatic hydroxyl groups is 5. The van der Waals surface area contributed by atoms with Gasteiger partial charge < -0.3 is 44.5 Å². The zero-order valence-electron chi connectivity index (χ0n) is 16.2. The molecule has 0 aliphatic carbocycles. The molecule has 0 aromatic rings. The smallest absolute Gasteiger partial charge is 0.387 e. The van der Waals surface area contributed by atoms with Gasteiger partial charge in [0.05, 0.1) is 13.2 Å². The van der Waals surface area contributed by atoms with Crippen LogP contribution in [0, 0.1) is 0 Å². The molecule has 2 saturated heterocycles. The molecule has 32 heavy (non-hydrogen) atoms. The van der Waals surface area contributed by atoms with Crippen molar-refractivity contribution in [1.82, 2.24) is 0 Å². The Hall–Kier alpha value is -0.620. The van der Waals surface area contributed by atoms with Crippen LogP contribution in [0.4, 0.5) is 0 Å². The Kier molecular flexibility index (Phi) is 9.28. The van der Waals surface area contributed by atoms with Gasteiger partial charge in [0.15, 0.2) is 12.6 Å². The first-order valence-corrected chi connectivity index (χ1v) is 11.5. The monoisotopic (exact) mass is 516 g/mol.